The van der Waals surface area contributed by atoms with E-state index in [1.165, 1.54) is 17.0 Å². The molecule has 7 nitrogen and oxygen atoms in total. The second-order valence-electron chi connectivity index (χ2n) is 8.20. The minimum Gasteiger partial charge on any atom is -0.462 e. The molecular formula is C25H26ClN3O4S3. The summed E-state index contributed by atoms with van der Waals surface area (Å²) in [5, 5.41) is 7.70. The fraction of sp³-hybridized carbons (Fsp3) is 0.280. The summed E-state index contributed by atoms with van der Waals surface area (Å²) >= 11 is 12.9. The molecule has 0 radical (unpaired) electrons. The van der Waals surface area contributed by atoms with E-state index < -0.39 is 10.0 Å². The molecule has 3 N–H and O–H groups in total. The first-order valence-corrected chi connectivity index (χ1v) is 14.6. The molecule has 3 aromatic rings. The Bertz CT molecular complexity index is 1350. The highest BCUT2D eigenvalue weighted by Gasteiger charge is 2.26. The van der Waals surface area contributed by atoms with Crippen LogP contribution in [0.3, 0.4) is 0 Å². The van der Waals surface area contributed by atoms with E-state index in [-0.39, 0.29) is 10.9 Å². The van der Waals surface area contributed by atoms with Crippen molar-refractivity contribution in [2.24, 2.45) is 0 Å². The molecule has 190 valence electrons. The van der Waals surface area contributed by atoms with Gasteiger partial charge in [0, 0.05) is 21.3 Å². The second kappa shape index (κ2) is 11.6. The Morgan fingerprint density at radius 2 is 1.67 bits per heavy atom. The average Bonchev–Trinajstić information content (AvgIpc) is 3.01. The van der Waals surface area contributed by atoms with Gasteiger partial charge in [-0.2, -0.15) is 0 Å². The molecule has 0 aliphatic heterocycles. The largest absolute Gasteiger partial charge is 0.462 e. The van der Waals surface area contributed by atoms with Gasteiger partial charge in [0.05, 0.1) is 17.1 Å². The Balaban J connectivity index is 1.46. The molecular weight excluding hydrogens is 538 g/mol. The molecule has 1 aromatic heterocycles. The van der Waals surface area contributed by atoms with Crippen molar-refractivity contribution in [1.29, 1.82) is 0 Å². The van der Waals surface area contributed by atoms with E-state index in [1.54, 1.807) is 54.7 Å². The normalized spacial score (nSPS) is 13.3. The van der Waals surface area contributed by atoms with Gasteiger partial charge in [-0.25, -0.2) is 13.2 Å². The van der Waals surface area contributed by atoms with Crippen LogP contribution in [-0.4, -0.2) is 26.1 Å². The third kappa shape index (κ3) is 6.36. The van der Waals surface area contributed by atoms with Crippen molar-refractivity contribution in [3.63, 3.8) is 0 Å². The summed E-state index contributed by atoms with van der Waals surface area (Å²) in [7, 11) is -3.76. The molecule has 36 heavy (non-hydrogen) atoms. The molecule has 1 aliphatic carbocycles. The van der Waals surface area contributed by atoms with Crippen molar-refractivity contribution >= 4 is 72.6 Å². The number of hydrogen-bond acceptors (Lipinski definition) is 6. The molecule has 2 aromatic carbocycles. The van der Waals surface area contributed by atoms with Crippen LogP contribution in [0, 0.1) is 0 Å². The Labute approximate surface area is 225 Å². The number of aryl methyl sites for hydroxylation is 1. The third-order valence-electron chi connectivity index (χ3n) is 5.65. The number of fused-ring (bicyclic) bond motifs is 1. The Kier molecular flexibility index (Phi) is 8.50. The Hall–Kier alpha value is -2.66. The molecule has 0 unspecified atom stereocenters. The first kappa shape index (κ1) is 26.4. The van der Waals surface area contributed by atoms with Gasteiger partial charge in [0.15, 0.2) is 5.11 Å². The number of thiophene rings is 1. The molecule has 0 saturated carbocycles. The zero-order chi connectivity index (χ0) is 25.7. The van der Waals surface area contributed by atoms with Crippen molar-refractivity contribution in [2.45, 2.75) is 43.9 Å². The van der Waals surface area contributed by atoms with Gasteiger partial charge in [-0.3, -0.25) is 4.72 Å². The van der Waals surface area contributed by atoms with Crippen LogP contribution < -0.4 is 15.4 Å². The maximum atomic E-state index is 12.7. The molecule has 0 amide bonds. The Morgan fingerprint density at radius 3 is 2.36 bits per heavy atom. The molecule has 4 rings (SSSR count). The van der Waals surface area contributed by atoms with Crippen LogP contribution in [0.2, 0.25) is 5.02 Å². The molecule has 0 spiro atoms. The van der Waals surface area contributed by atoms with Crippen molar-refractivity contribution in [3.8, 4) is 0 Å². The fourth-order valence-electron chi connectivity index (χ4n) is 3.96. The number of anilines is 3. The van der Waals surface area contributed by atoms with Crippen LogP contribution in [0.5, 0.6) is 0 Å². The summed E-state index contributed by atoms with van der Waals surface area (Å²) in [4.78, 5) is 14.0. The van der Waals surface area contributed by atoms with E-state index in [4.69, 9.17) is 28.6 Å². The lowest BCUT2D eigenvalue weighted by molar-refractivity contribution is 0.0527. The number of carbonyl (C=O) groups excluding carboxylic acids is 1. The van der Waals surface area contributed by atoms with Crippen molar-refractivity contribution in [2.75, 3.05) is 22.0 Å². The van der Waals surface area contributed by atoms with Crippen LogP contribution >= 0.6 is 35.2 Å². The highest BCUT2D eigenvalue weighted by molar-refractivity contribution is 7.92. The van der Waals surface area contributed by atoms with Crippen molar-refractivity contribution < 1.29 is 17.9 Å². The van der Waals surface area contributed by atoms with E-state index >= 15 is 0 Å². The SMILES string of the molecule is CCOC(=O)c1c(NC(=S)Nc2ccc(S(=O)(=O)Nc3ccc(Cl)cc3)cc2)sc2c1CCCCC2. The lowest BCUT2D eigenvalue weighted by Crippen LogP contribution is -2.20. The van der Waals surface area contributed by atoms with E-state index in [9.17, 15) is 13.2 Å². The van der Waals surface area contributed by atoms with Crippen LogP contribution in [0.1, 0.15) is 47.0 Å². The number of carbonyl (C=O) groups is 1. The van der Waals surface area contributed by atoms with Crippen LogP contribution in [-0.2, 0) is 27.6 Å². The first-order valence-electron chi connectivity index (χ1n) is 11.5. The number of rotatable bonds is 7. The van der Waals surface area contributed by atoms with Crippen molar-refractivity contribution in [3.05, 3.63) is 69.6 Å². The lowest BCUT2D eigenvalue weighted by atomic mass is 10.1. The van der Waals surface area contributed by atoms with Gasteiger partial charge in [0.2, 0.25) is 0 Å². The number of hydrogen-bond donors (Lipinski definition) is 3. The van der Waals surface area contributed by atoms with Gasteiger partial charge in [0.25, 0.3) is 10.0 Å². The number of halogens is 1. The third-order valence-corrected chi connectivity index (χ3v) is 8.71. The quantitative estimate of drug-likeness (QED) is 0.172. The zero-order valence-electron chi connectivity index (χ0n) is 19.6. The zero-order valence-corrected chi connectivity index (χ0v) is 22.8. The van der Waals surface area contributed by atoms with Crippen LogP contribution in [0.25, 0.3) is 0 Å². The number of benzene rings is 2. The molecule has 0 fully saturated rings. The molecule has 0 atom stereocenters. The van der Waals surface area contributed by atoms with Gasteiger partial charge in [-0.1, -0.05) is 18.0 Å². The summed E-state index contributed by atoms with van der Waals surface area (Å²) in [6.45, 7) is 2.09. The minimum atomic E-state index is -3.76. The van der Waals surface area contributed by atoms with Gasteiger partial charge >= 0.3 is 5.97 Å². The number of sulfonamides is 1. The molecule has 1 aliphatic rings. The number of esters is 1. The van der Waals surface area contributed by atoms with Crippen LogP contribution in [0.4, 0.5) is 16.4 Å². The van der Waals surface area contributed by atoms with Gasteiger partial charge < -0.3 is 15.4 Å². The summed E-state index contributed by atoms with van der Waals surface area (Å²) in [6.07, 6.45) is 5.07. The minimum absolute atomic E-state index is 0.105. The van der Waals surface area contributed by atoms with Gasteiger partial charge in [0.1, 0.15) is 5.00 Å². The second-order valence-corrected chi connectivity index (χ2v) is 11.8. The van der Waals surface area contributed by atoms with E-state index in [0.717, 1.165) is 37.7 Å². The molecule has 0 bridgehead atoms. The number of thiocarbonyl (C=S) groups is 1. The highest BCUT2D eigenvalue weighted by Crippen LogP contribution is 2.38. The fourth-order valence-corrected chi connectivity index (χ4v) is 6.72. The lowest BCUT2D eigenvalue weighted by Gasteiger charge is -2.13. The number of nitrogens with one attached hydrogen (secondary N) is 3. The van der Waals surface area contributed by atoms with E-state index in [2.05, 4.69) is 15.4 Å². The monoisotopic (exact) mass is 563 g/mol. The van der Waals surface area contributed by atoms with Gasteiger partial charge in [-0.15, -0.1) is 11.3 Å². The molecule has 1 heterocycles. The summed E-state index contributed by atoms with van der Waals surface area (Å²) in [5.74, 6) is -0.343. The van der Waals surface area contributed by atoms with Crippen molar-refractivity contribution in [1.82, 2.24) is 0 Å². The molecule has 11 heteroatoms. The Morgan fingerprint density at radius 1 is 1.00 bits per heavy atom. The summed E-state index contributed by atoms with van der Waals surface area (Å²) in [6, 6.07) is 12.6. The first-order chi connectivity index (χ1) is 17.3. The number of ether oxygens (including phenoxy) is 1. The summed E-state index contributed by atoms with van der Waals surface area (Å²) < 4.78 is 33.2. The van der Waals surface area contributed by atoms with E-state index in [1.807, 2.05) is 0 Å². The molecule has 0 saturated heterocycles. The van der Waals surface area contributed by atoms with Crippen LogP contribution in [0.15, 0.2) is 53.4 Å². The standard InChI is InChI=1S/C25H26ClN3O4S3/c1-2-33-24(30)22-20-6-4-3-5-7-21(20)35-23(22)28-25(34)27-17-12-14-19(15-13-17)36(31,32)29-18-10-8-16(26)9-11-18/h8-15,29H,2-7H2,1H3,(H2,27,28,34). The predicted molar refractivity (Wildman–Crippen MR) is 150 cm³/mol. The summed E-state index contributed by atoms with van der Waals surface area (Å²) in [5.41, 5.74) is 2.65. The maximum absolute atomic E-state index is 12.7. The smallest absolute Gasteiger partial charge is 0.341 e. The average molecular weight is 564 g/mol. The highest BCUT2D eigenvalue weighted by atomic mass is 35.5. The van der Waals surface area contributed by atoms with E-state index in [0.29, 0.717) is 38.7 Å². The predicted octanol–water partition coefficient (Wildman–Crippen LogP) is 6.46. The maximum Gasteiger partial charge on any atom is 0.341 e. The van der Waals surface area contributed by atoms with Gasteiger partial charge in [-0.05, 0) is 98.9 Å². The topological polar surface area (TPSA) is 96.5 Å².